The average Bonchev–Trinajstić information content (AvgIpc) is 3.16. The smallest absolute Gasteiger partial charge is 0.416 e. The molecule has 0 radical (unpaired) electrons. The summed E-state index contributed by atoms with van der Waals surface area (Å²) in [5, 5.41) is 0. The molecule has 122 valence electrons. The molecule has 1 amide bonds. The second-order valence-corrected chi connectivity index (χ2v) is 6.02. The van der Waals surface area contributed by atoms with Gasteiger partial charge in [0, 0.05) is 29.9 Å². The Morgan fingerprint density at radius 3 is 2.96 bits per heavy atom. The standard InChI is InChI=1S/C18H18N4O2/c1-3-13-11(2)8-16-14(13)9-12(10-20-16)15-4-5-19-17(21-15)22-6-7-24-18(22)23/h4-5,9-10H,3,6-8H2,1-2H3. The van der Waals surface area contributed by atoms with Gasteiger partial charge >= 0.3 is 6.09 Å². The minimum absolute atomic E-state index is 0.372. The van der Waals surface area contributed by atoms with Gasteiger partial charge in [-0.15, -0.1) is 0 Å². The van der Waals surface area contributed by atoms with Crippen LogP contribution in [0.4, 0.5) is 10.7 Å². The van der Waals surface area contributed by atoms with E-state index in [-0.39, 0.29) is 0 Å². The molecule has 0 saturated carbocycles. The summed E-state index contributed by atoms with van der Waals surface area (Å²) in [4.78, 5) is 26.5. The Bertz CT molecular complexity index is 860. The summed E-state index contributed by atoms with van der Waals surface area (Å²) in [6.45, 7) is 5.19. The lowest BCUT2D eigenvalue weighted by molar-refractivity contribution is 0.181. The van der Waals surface area contributed by atoms with Crippen molar-refractivity contribution in [1.29, 1.82) is 0 Å². The van der Waals surface area contributed by atoms with Gasteiger partial charge in [0.25, 0.3) is 0 Å². The molecular weight excluding hydrogens is 304 g/mol. The molecule has 24 heavy (non-hydrogen) atoms. The van der Waals surface area contributed by atoms with Crippen LogP contribution in [0.5, 0.6) is 0 Å². The van der Waals surface area contributed by atoms with E-state index in [1.54, 1.807) is 6.20 Å². The lowest BCUT2D eigenvalue weighted by Crippen LogP contribution is -2.25. The molecular formula is C18H18N4O2. The van der Waals surface area contributed by atoms with Crippen molar-refractivity contribution >= 4 is 17.6 Å². The van der Waals surface area contributed by atoms with Gasteiger partial charge in [0.2, 0.25) is 5.95 Å². The van der Waals surface area contributed by atoms with Gasteiger partial charge < -0.3 is 4.74 Å². The number of nitrogens with zero attached hydrogens (tertiary/aromatic N) is 4. The van der Waals surface area contributed by atoms with E-state index in [1.165, 1.54) is 21.6 Å². The van der Waals surface area contributed by atoms with E-state index in [0.29, 0.717) is 19.1 Å². The Kier molecular flexibility index (Phi) is 3.52. The van der Waals surface area contributed by atoms with Crippen molar-refractivity contribution < 1.29 is 9.53 Å². The molecule has 1 aliphatic heterocycles. The maximum Gasteiger partial charge on any atom is 0.416 e. The van der Waals surface area contributed by atoms with Crippen LogP contribution in [0.15, 0.2) is 30.1 Å². The summed E-state index contributed by atoms with van der Waals surface area (Å²) in [6.07, 6.45) is 5.04. The van der Waals surface area contributed by atoms with Gasteiger partial charge in [0.1, 0.15) is 6.61 Å². The molecule has 2 aromatic heterocycles. The first kappa shape index (κ1) is 14.8. The number of ether oxygens (including phenoxy) is 1. The predicted octanol–water partition coefficient (Wildman–Crippen LogP) is 3.23. The lowest BCUT2D eigenvalue weighted by atomic mass is 10.0. The summed E-state index contributed by atoms with van der Waals surface area (Å²) in [5.41, 5.74) is 6.80. The van der Waals surface area contributed by atoms with Gasteiger partial charge in [0.05, 0.1) is 17.9 Å². The zero-order valence-electron chi connectivity index (χ0n) is 13.7. The molecule has 0 bridgehead atoms. The number of aromatic nitrogens is 3. The fraction of sp³-hybridized carbons (Fsp3) is 0.333. The topological polar surface area (TPSA) is 68.2 Å². The van der Waals surface area contributed by atoms with Crippen molar-refractivity contribution in [1.82, 2.24) is 15.0 Å². The normalized spacial score (nSPS) is 16.6. The van der Waals surface area contributed by atoms with Crippen molar-refractivity contribution in [3.63, 3.8) is 0 Å². The highest BCUT2D eigenvalue weighted by Crippen LogP contribution is 2.35. The molecule has 1 fully saturated rings. The summed E-state index contributed by atoms with van der Waals surface area (Å²) < 4.78 is 4.95. The number of allylic oxidation sites excluding steroid dienone is 2. The van der Waals surface area contributed by atoms with E-state index in [2.05, 4.69) is 34.9 Å². The number of carbonyl (C=O) groups is 1. The van der Waals surface area contributed by atoms with Gasteiger partial charge in [-0.2, -0.15) is 0 Å². The molecule has 0 spiro atoms. The zero-order valence-corrected chi connectivity index (χ0v) is 13.7. The third-order valence-electron chi connectivity index (χ3n) is 4.54. The van der Waals surface area contributed by atoms with Gasteiger partial charge in [-0.3, -0.25) is 4.98 Å². The van der Waals surface area contributed by atoms with E-state index in [0.717, 1.165) is 29.8 Å². The SMILES string of the molecule is CCC1=C(C)Cc2ncc(-c3ccnc(N4CCOC4=O)n3)cc21. The fourth-order valence-electron chi connectivity index (χ4n) is 3.33. The molecule has 1 aliphatic carbocycles. The first-order valence-electron chi connectivity index (χ1n) is 8.13. The van der Waals surface area contributed by atoms with Crippen LogP contribution in [0.2, 0.25) is 0 Å². The van der Waals surface area contributed by atoms with Crippen LogP contribution in [-0.2, 0) is 11.2 Å². The number of rotatable bonds is 3. The van der Waals surface area contributed by atoms with Gasteiger partial charge in [0.15, 0.2) is 0 Å². The van der Waals surface area contributed by atoms with Crippen LogP contribution < -0.4 is 4.90 Å². The molecule has 0 atom stereocenters. The maximum absolute atomic E-state index is 11.7. The van der Waals surface area contributed by atoms with E-state index >= 15 is 0 Å². The zero-order chi connectivity index (χ0) is 16.7. The van der Waals surface area contributed by atoms with Crippen LogP contribution in [0.25, 0.3) is 16.8 Å². The molecule has 6 nitrogen and oxygen atoms in total. The molecule has 4 rings (SSSR count). The molecule has 0 unspecified atom stereocenters. The summed E-state index contributed by atoms with van der Waals surface area (Å²) in [5.74, 6) is 0.373. The van der Waals surface area contributed by atoms with Crippen molar-refractivity contribution in [2.24, 2.45) is 0 Å². The Morgan fingerprint density at radius 1 is 1.33 bits per heavy atom. The molecule has 2 aliphatic rings. The van der Waals surface area contributed by atoms with Gasteiger partial charge in [-0.1, -0.05) is 12.5 Å². The van der Waals surface area contributed by atoms with Crippen molar-refractivity contribution in [3.05, 3.63) is 41.4 Å². The number of hydrogen-bond donors (Lipinski definition) is 0. The number of amides is 1. The summed E-state index contributed by atoms with van der Waals surface area (Å²) in [6, 6.07) is 3.98. The van der Waals surface area contributed by atoms with Gasteiger partial charge in [-0.05, 0) is 31.1 Å². The molecule has 0 aromatic carbocycles. The molecule has 1 saturated heterocycles. The fourth-order valence-corrected chi connectivity index (χ4v) is 3.33. The molecule has 0 N–H and O–H groups in total. The Hall–Kier alpha value is -2.76. The van der Waals surface area contributed by atoms with Crippen molar-refractivity contribution in [2.45, 2.75) is 26.7 Å². The summed E-state index contributed by atoms with van der Waals surface area (Å²) in [7, 11) is 0. The number of pyridine rings is 1. The minimum atomic E-state index is -0.397. The predicted molar refractivity (Wildman–Crippen MR) is 90.5 cm³/mol. The summed E-state index contributed by atoms with van der Waals surface area (Å²) >= 11 is 0. The second-order valence-electron chi connectivity index (χ2n) is 6.02. The molecule has 6 heteroatoms. The van der Waals surface area contributed by atoms with E-state index < -0.39 is 6.09 Å². The highest BCUT2D eigenvalue weighted by atomic mass is 16.6. The highest BCUT2D eigenvalue weighted by Gasteiger charge is 2.26. The van der Waals surface area contributed by atoms with Crippen LogP contribution in [0.3, 0.4) is 0 Å². The first-order valence-corrected chi connectivity index (χ1v) is 8.13. The van der Waals surface area contributed by atoms with Crippen LogP contribution in [0.1, 0.15) is 31.5 Å². The van der Waals surface area contributed by atoms with Gasteiger partial charge in [-0.25, -0.2) is 19.7 Å². The van der Waals surface area contributed by atoms with E-state index in [4.69, 9.17) is 4.74 Å². The molecule has 2 aromatic rings. The average molecular weight is 322 g/mol. The number of anilines is 1. The second kappa shape index (κ2) is 5.70. The van der Waals surface area contributed by atoms with Crippen LogP contribution in [-0.4, -0.2) is 34.2 Å². The van der Waals surface area contributed by atoms with Crippen molar-refractivity contribution in [3.8, 4) is 11.3 Å². The largest absolute Gasteiger partial charge is 0.447 e. The Balaban J connectivity index is 1.73. The Morgan fingerprint density at radius 2 is 2.21 bits per heavy atom. The number of carbonyl (C=O) groups excluding carboxylic acids is 1. The van der Waals surface area contributed by atoms with E-state index in [9.17, 15) is 4.79 Å². The molecule has 3 heterocycles. The lowest BCUT2D eigenvalue weighted by Gasteiger charge is -2.12. The quantitative estimate of drug-likeness (QED) is 0.868. The number of hydrogen-bond acceptors (Lipinski definition) is 5. The maximum atomic E-state index is 11.7. The highest BCUT2D eigenvalue weighted by molar-refractivity contribution is 5.87. The third kappa shape index (κ3) is 2.35. The van der Waals surface area contributed by atoms with Crippen molar-refractivity contribution in [2.75, 3.05) is 18.1 Å². The number of fused-ring (bicyclic) bond motifs is 1. The van der Waals surface area contributed by atoms with E-state index in [1.807, 2.05) is 12.3 Å². The number of cyclic esters (lactones) is 1. The Labute approximate surface area is 140 Å². The third-order valence-corrected chi connectivity index (χ3v) is 4.54. The first-order chi connectivity index (χ1) is 11.7. The minimum Gasteiger partial charge on any atom is -0.447 e. The monoisotopic (exact) mass is 322 g/mol. The van der Waals surface area contributed by atoms with Crippen LogP contribution >= 0.6 is 0 Å². The van der Waals surface area contributed by atoms with Crippen LogP contribution in [0, 0.1) is 0 Å².